The summed E-state index contributed by atoms with van der Waals surface area (Å²) in [6.07, 6.45) is 13.3. The van der Waals surface area contributed by atoms with Crippen LogP contribution in [0.1, 0.15) is 78.1 Å². The van der Waals surface area contributed by atoms with E-state index in [1.54, 1.807) is 0 Å². The predicted octanol–water partition coefficient (Wildman–Crippen LogP) is 4.25. The van der Waals surface area contributed by atoms with E-state index in [0.717, 1.165) is 13.0 Å². The Morgan fingerprint density at radius 1 is 0.621 bits per heavy atom. The van der Waals surface area contributed by atoms with E-state index in [9.17, 15) is 8.42 Å². The third-order valence-corrected chi connectivity index (χ3v) is 5.77. The fourth-order valence-corrected chi connectivity index (χ4v) is 2.95. The van der Waals surface area contributed by atoms with E-state index in [-0.39, 0.29) is 13.2 Å². The maximum atomic E-state index is 10.8. The number of hydrogen-bond acceptors (Lipinski definition) is 6. The van der Waals surface area contributed by atoms with Crippen LogP contribution in [0.3, 0.4) is 0 Å². The quantitative estimate of drug-likeness (QED) is 0.188. The molecule has 0 amide bonds. The lowest BCUT2D eigenvalue weighted by molar-refractivity contribution is -0.00197. The molecule has 0 saturated heterocycles. The van der Waals surface area contributed by atoms with Crippen LogP contribution in [0.4, 0.5) is 0 Å². The first-order valence-electron chi connectivity index (χ1n) is 11.3. The molecular formula is C21H44O7S. The summed E-state index contributed by atoms with van der Waals surface area (Å²) in [6, 6.07) is 0. The Morgan fingerprint density at radius 2 is 1.00 bits per heavy atom. The molecule has 0 aromatic heterocycles. The first kappa shape index (κ1) is 28.8. The van der Waals surface area contributed by atoms with Crippen molar-refractivity contribution in [2.45, 2.75) is 83.3 Å². The molecule has 7 nitrogen and oxygen atoms in total. The van der Waals surface area contributed by atoms with Crippen LogP contribution >= 0.6 is 0 Å². The lowest BCUT2D eigenvalue weighted by Gasteiger charge is -2.09. The molecule has 0 aliphatic rings. The number of ether oxygens (including phenoxy) is 4. The highest BCUT2D eigenvalue weighted by Gasteiger charge is 2.16. The highest BCUT2D eigenvalue weighted by Crippen LogP contribution is 2.10. The molecule has 0 saturated carbocycles. The molecule has 0 rings (SSSR count). The van der Waals surface area contributed by atoms with E-state index >= 15 is 0 Å². The maximum absolute atomic E-state index is 10.8. The van der Waals surface area contributed by atoms with Crippen molar-refractivity contribution < 1.29 is 31.9 Å². The molecule has 8 heteroatoms. The molecule has 0 fully saturated rings. The second kappa shape index (κ2) is 21.0. The minimum Gasteiger partial charge on any atom is -0.379 e. The van der Waals surface area contributed by atoms with E-state index in [4.69, 9.17) is 23.5 Å². The zero-order chi connectivity index (χ0) is 21.6. The Bertz CT molecular complexity index is 429. The molecule has 0 radical (unpaired) electrons. The van der Waals surface area contributed by atoms with Crippen molar-refractivity contribution in [2.24, 2.45) is 0 Å². The average molecular weight is 441 g/mol. The van der Waals surface area contributed by atoms with Gasteiger partial charge < -0.3 is 18.9 Å². The van der Waals surface area contributed by atoms with E-state index in [1.807, 2.05) is 0 Å². The first-order chi connectivity index (χ1) is 14.0. The van der Waals surface area contributed by atoms with Gasteiger partial charge in [-0.2, -0.15) is 8.42 Å². The van der Waals surface area contributed by atoms with Crippen LogP contribution in [0.25, 0.3) is 0 Å². The Kier molecular flexibility index (Phi) is 20.8. The van der Waals surface area contributed by atoms with E-state index in [2.05, 4.69) is 6.92 Å². The van der Waals surface area contributed by atoms with Crippen molar-refractivity contribution in [3.63, 3.8) is 0 Å². The van der Waals surface area contributed by atoms with Gasteiger partial charge in [-0.15, -0.1) is 0 Å². The van der Waals surface area contributed by atoms with Gasteiger partial charge in [0, 0.05) is 6.61 Å². The van der Waals surface area contributed by atoms with E-state index < -0.39 is 15.4 Å². The highest BCUT2D eigenvalue weighted by atomic mass is 32.2. The molecule has 0 heterocycles. The standard InChI is InChI=1S/C21H44O7S/c1-3-4-5-6-7-8-9-10-11-12-13-25-14-15-26-16-17-27-18-19-28-20-21(2)29(22,23)24/h21H,3-20H2,1-2H3,(H,22,23,24). The van der Waals surface area contributed by atoms with Crippen molar-refractivity contribution >= 4 is 10.1 Å². The molecule has 0 spiro atoms. The Hall–Kier alpha value is -0.250. The third-order valence-electron chi connectivity index (χ3n) is 4.62. The topological polar surface area (TPSA) is 91.3 Å². The summed E-state index contributed by atoms with van der Waals surface area (Å²) in [5.41, 5.74) is 0. The van der Waals surface area contributed by atoms with Crippen molar-refractivity contribution in [3.05, 3.63) is 0 Å². The molecule has 0 bridgehead atoms. The van der Waals surface area contributed by atoms with Gasteiger partial charge in [0.05, 0.1) is 46.2 Å². The van der Waals surface area contributed by atoms with Gasteiger partial charge in [0.2, 0.25) is 0 Å². The molecule has 0 aromatic carbocycles. The van der Waals surface area contributed by atoms with Gasteiger partial charge in [-0.3, -0.25) is 4.55 Å². The van der Waals surface area contributed by atoms with Crippen molar-refractivity contribution in [3.8, 4) is 0 Å². The SMILES string of the molecule is CCCCCCCCCCCCOCCOCCOCCOCC(C)S(=O)(=O)O. The second-order valence-corrected chi connectivity index (χ2v) is 9.25. The monoisotopic (exact) mass is 440 g/mol. The normalized spacial score (nSPS) is 13.1. The Balaban J connectivity index is 3.10. The van der Waals surface area contributed by atoms with Crippen molar-refractivity contribution in [2.75, 3.05) is 52.9 Å². The minimum atomic E-state index is -4.03. The molecule has 176 valence electrons. The number of unbranched alkanes of at least 4 members (excludes halogenated alkanes) is 9. The first-order valence-corrected chi connectivity index (χ1v) is 12.8. The molecule has 1 unspecified atom stereocenters. The number of rotatable bonds is 23. The summed E-state index contributed by atoms with van der Waals surface area (Å²) in [5.74, 6) is 0. The fourth-order valence-electron chi connectivity index (χ4n) is 2.69. The second-order valence-electron chi connectivity index (χ2n) is 7.42. The van der Waals surface area contributed by atoms with Crippen LogP contribution in [0.15, 0.2) is 0 Å². The summed E-state index contributed by atoms with van der Waals surface area (Å²) in [7, 11) is -4.03. The van der Waals surface area contributed by atoms with Gasteiger partial charge in [0.1, 0.15) is 5.25 Å². The van der Waals surface area contributed by atoms with Crippen LogP contribution in [0.2, 0.25) is 0 Å². The molecule has 0 aliphatic heterocycles. The van der Waals surface area contributed by atoms with E-state index in [1.165, 1.54) is 64.7 Å². The summed E-state index contributed by atoms with van der Waals surface area (Å²) < 4.78 is 51.8. The van der Waals surface area contributed by atoms with Gasteiger partial charge in [0.15, 0.2) is 0 Å². The predicted molar refractivity (Wildman–Crippen MR) is 116 cm³/mol. The summed E-state index contributed by atoms with van der Waals surface area (Å²) in [5, 5.41) is -0.925. The van der Waals surface area contributed by atoms with E-state index in [0.29, 0.717) is 33.0 Å². The largest absolute Gasteiger partial charge is 0.379 e. The third kappa shape index (κ3) is 22.3. The van der Waals surface area contributed by atoms with Crippen molar-refractivity contribution in [1.82, 2.24) is 0 Å². The summed E-state index contributed by atoms with van der Waals surface area (Å²) >= 11 is 0. The van der Waals surface area contributed by atoms with Gasteiger partial charge in [0.25, 0.3) is 10.1 Å². The van der Waals surface area contributed by atoms with Crippen molar-refractivity contribution in [1.29, 1.82) is 0 Å². The maximum Gasteiger partial charge on any atom is 0.269 e. The van der Waals surface area contributed by atoms with Gasteiger partial charge in [-0.25, -0.2) is 0 Å². The van der Waals surface area contributed by atoms with Crippen LogP contribution in [-0.2, 0) is 29.1 Å². The lowest BCUT2D eigenvalue weighted by Crippen LogP contribution is -2.23. The van der Waals surface area contributed by atoms with Gasteiger partial charge in [-0.05, 0) is 13.3 Å². The molecular weight excluding hydrogens is 396 g/mol. The van der Waals surface area contributed by atoms with Crippen LogP contribution in [-0.4, -0.2) is 71.1 Å². The minimum absolute atomic E-state index is 0.0465. The zero-order valence-electron chi connectivity index (χ0n) is 18.6. The molecule has 1 atom stereocenters. The Morgan fingerprint density at radius 3 is 1.45 bits per heavy atom. The lowest BCUT2D eigenvalue weighted by atomic mass is 10.1. The summed E-state index contributed by atoms with van der Waals surface area (Å²) in [6.45, 7) is 7.15. The molecule has 1 N–H and O–H groups in total. The molecule has 29 heavy (non-hydrogen) atoms. The molecule has 0 aliphatic carbocycles. The number of hydrogen-bond donors (Lipinski definition) is 1. The molecule has 0 aromatic rings. The highest BCUT2D eigenvalue weighted by molar-refractivity contribution is 7.86. The van der Waals surface area contributed by atoms with Gasteiger partial charge >= 0.3 is 0 Å². The average Bonchev–Trinajstić information content (AvgIpc) is 2.68. The zero-order valence-corrected chi connectivity index (χ0v) is 19.4. The fraction of sp³-hybridized carbons (Fsp3) is 1.00. The van der Waals surface area contributed by atoms with Crippen LogP contribution in [0.5, 0.6) is 0 Å². The summed E-state index contributed by atoms with van der Waals surface area (Å²) in [4.78, 5) is 0. The van der Waals surface area contributed by atoms with Crippen LogP contribution < -0.4 is 0 Å². The van der Waals surface area contributed by atoms with Gasteiger partial charge in [-0.1, -0.05) is 64.7 Å². The van der Waals surface area contributed by atoms with Crippen LogP contribution in [0, 0.1) is 0 Å². The smallest absolute Gasteiger partial charge is 0.269 e. The Labute approximate surface area is 178 Å².